The van der Waals surface area contributed by atoms with Crippen molar-refractivity contribution in [1.29, 1.82) is 0 Å². The van der Waals surface area contributed by atoms with Crippen LogP contribution in [0.15, 0.2) is 23.3 Å². The molecule has 22 heavy (non-hydrogen) atoms. The molecule has 1 aliphatic carbocycles. The maximum Gasteiger partial charge on any atom is 0.301 e. The summed E-state index contributed by atoms with van der Waals surface area (Å²) in [4.78, 5) is 20.4. The van der Waals surface area contributed by atoms with Gasteiger partial charge in [-0.3, -0.25) is 25.7 Å². The van der Waals surface area contributed by atoms with Crippen LogP contribution in [-0.2, 0) is 0 Å². The van der Waals surface area contributed by atoms with Crippen LogP contribution in [0.5, 0.6) is 0 Å². The summed E-state index contributed by atoms with van der Waals surface area (Å²) in [6.07, 6.45) is 2.76. The summed E-state index contributed by atoms with van der Waals surface area (Å²) in [7, 11) is 0. The van der Waals surface area contributed by atoms with Gasteiger partial charge in [0, 0.05) is 11.8 Å². The van der Waals surface area contributed by atoms with Crippen molar-refractivity contribution in [2.75, 3.05) is 5.43 Å². The van der Waals surface area contributed by atoms with E-state index in [1.807, 2.05) is 0 Å². The average Bonchev–Trinajstić information content (AvgIpc) is 2.48. The lowest BCUT2D eigenvalue weighted by molar-refractivity contribution is -0.393. The summed E-state index contributed by atoms with van der Waals surface area (Å²) in [5.41, 5.74) is 3.16. The highest BCUT2D eigenvalue weighted by Crippen LogP contribution is 2.30. The molecular formula is C14H18N4O4. The number of rotatable bonds is 4. The van der Waals surface area contributed by atoms with Crippen LogP contribution in [0.3, 0.4) is 0 Å². The first kappa shape index (κ1) is 15.9. The lowest BCUT2D eigenvalue weighted by Gasteiger charge is -2.26. The molecule has 0 spiro atoms. The van der Waals surface area contributed by atoms with Gasteiger partial charge in [0.2, 0.25) is 0 Å². The Hall–Kier alpha value is -2.51. The average molecular weight is 306 g/mol. The van der Waals surface area contributed by atoms with Crippen LogP contribution in [0.1, 0.15) is 33.1 Å². The van der Waals surface area contributed by atoms with E-state index in [2.05, 4.69) is 24.4 Å². The fraction of sp³-hybridized carbons (Fsp3) is 0.500. The molecule has 1 aromatic rings. The monoisotopic (exact) mass is 306 g/mol. The van der Waals surface area contributed by atoms with Gasteiger partial charge in [-0.25, -0.2) is 0 Å². The Labute approximate surface area is 127 Å². The highest BCUT2D eigenvalue weighted by atomic mass is 16.6. The van der Waals surface area contributed by atoms with E-state index in [4.69, 9.17) is 0 Å². The van der Waals surface area contributed by atoms with E-state index in [1.54, 1.807) is 0 Å². The first-order valence-corrected chi connectivity index (χ1v) is 7.12. The fourth-order valence-corrected chi connectivity index (χ4v) is 2.47. The lowest BCUT2D eigenvalue weighted by atomic mass is 9.81. The summed E-state index contributed by atoms with van der Waals surface area (Å²) in [6.45, 7) is 4.36. The first-order chi connectivity index (χ1) is 10.4. The topological polar surface area (TPSA) is 111 Å². The van der Waals surface area contributed by atoms with Gasteiger partial charge in [-0.2, -0.15) is 5.10 Å². The van der Waals surface area contributed by atoms with Crippen molar-refractivity contribution in [3.63, 3.8) is 0 Å². The first-order valence-electron chi connectivity index (χ1n) is 7.12. The molecule has 1 fully saturated rings. The SMILES string of the molecule is C[C@@H]1C/C(=N/Nc2ccc([N+](=O)[O-])cc2[N+](=O)[O-])CC[C@@H]1C. The molecule has 0 saturated heterocycles. The molecule has 0 unspecified atom stereocenters. The number of nitro benzene ring substituents is 2. The number of nitro groups is 2. The van der Waals surface area contributed by atoms with Crippen molar-refractivity contribution in [2.24, 2.45) is 16.9 Å². The molecule has 1 aliphatic rings. The molecule has 1 N–H and O–H groups in total. The molecule has 2 rings (SSSR count). The van der Waals surface area contributed by atoms with Gasteiger partial charge >= 0.3 is 5.69 Å². The van der Waals surface area contributed by atoms with E-state index < -0.39 is 9.85 Å². The van der Waals surface area contributed by atoms with Gasteiger partial charge in [-0.1, -0.05) is 13.8 Å². The van der Waals surface area contributed by atoms with Gasteiger partial charge in [0.05, 0.1) is 15.9 Å². The number of non-ortho nitro benzene ring substituents is 1. The zero-order valence-electron chi connectivity index (χ0n) is 12.5. The zero-order chi connectivity index (χ0) is 16.3. The standard InChI is InChI=1S/C14H18N4O4/c1-9-3-4-11(7-10(9)2)15-16-13-6-5-12(17(19)20)8-14(13)18(21)22/h5-6,8-10,16H,3-4,7H2,1-2H3/b15-11+/t9-,10+/m0/s1. The predicted octanol–water partition coefficient (Wildman–Crippen LogP) is 3.73. The quantitative estimate of drug-likeness (QED) is 0.673. The molecular weight excluding hydrogens is 288 g/mol. The summed E-state index contributed by atoms with van der Waals surface area (Å²) < 4.78 is 0. The maximum atomic E-state index is 11.0. The van der Waals surface area contributed by atoms with Crippen LogP contribution in [0.25, 0.3) is 0 Å². The summed E-state index contributed by atoms with van der Waals surface area (Å²) in [6, 6.07) is 3.48. The minimum atomic E-state index is -0.660. The number of nitrogens with zero attached hydrogens (tertiary/aromatic N) is 3. The Kier molecular flexibility index (Phi) is 4.69. The molecule has 118 valence electrons. The number of hydrazone groups is 1. The van der Waals surface area contributed by atoms with Crippen LogP contribution in [0.2, 0.25) is 0 Å². The Bertz CT molecular complexity index is 629. The zero-order valence-corrected chi connectivity index (χ0v) is 12.5. The van der Waals surface area contributed by atoms with E-state index in [0.717, 1.165) is 31.0 Å². The minimum absolute atomic E-state index is 0.161. The fourth-order valence-electron chi connectivity index (χ4n) is 2.47. The molecule has 0 heterocycles. The maximum absolute atomic E-state index is 11.0. The van der Waals surface area contributed by atoms with Gasteiger partial charge in [-0.15, -0.1) is 0 Å². The van der Waals surface area contributed by atoms with Crippen LogP contribution in [0.4, 0.5) is 17.1 Å². The Morgan fingerprint density at radius 1 is 1.18 bits per heavy atom. The molecule has 1 saturated carbocycles. The number of anilines is 1. The smallest absolute Gasteiger partial charge is 0.272 e. The van der Waals surface area contributed by atoms with Gasteiger partial charge < -0.3 is 0 Å². The molecule has 2 atom stereocenters. The van der Waals surface area contributed by atoms with Gasteiger partial charge in [0.25, 0.3) is 5.69 Å². The van der Waals surface area contributed by atoms with Crippen LogP contribution < -0.4 is 5.43 Å². The normalized spacial score (nSPS) is 23.3. The number of benzene rings is 1. The molecule has 8 nitrogen and oxygen atoms in total. The molecule has 1 aromatic carbocycles. The van der Waals surface area contributed by atoms with Crippen molar-refractivity contribution in [3.05, 3.63) is 38.4 Å². The third kappa shape index (κ3) is 3.57. The molecule has 0 aromatic heterocycles. The molecule has 0 aliphatic heterocycles. The van der Waals surface area contributed by atoms with Crippen LogP contribution in [0, 0.1) is 32.1 Å². The van der Waals surface area contributed by atoms with Gasteiger partial charge in [0.1, 0.15) is 5.69 Å². The largest absolute Gasteiger partial charge is 0.301 e. The minimum Gasteiger partial charge on any atom is -0.272 e. The van der Waals surface area contributed by atoms with Crippen LogP contribution >= 0.6 is 0 Å². The summed E-state index contributed by atoms with van der Waals surface area (Å²) >= 11 is 0. The summed E-state index contributed by atoms with van der Waals surface area (Å²) in [5, 5.41) is 26.0. The van der Waals surface area contributed by atoms with E-state index in [1.165, 1.54) is 12.1 Å². The molecule has 0 amide bonds. The molecule has 0 bridgehead atoms. The third-order valence-corrected chi connectivity index (χ3v) is 4.14. The Morgan fingerprint density at radius 3 is 2.50 bits per heavy atom. The number of hydrogen-bond donors (Lipinski definition) is 1. The van der Waals surface area contributed by atoms with Crippen molar-refractivity contribution < 1.29 is 9.85 Å². The second-order valence-electron chi connectivity index (χ2n) is 5.70. The summed E-state index contributed by atoms with van der Waals surface area (Å²) in [5.74, 6) is 1.17. The van der Waals surface area contributed by atoms with Crippen LogP contribution in [-0.4, -0.2) is 15.6 Å². The third-order valence-electron chi connectivity index (χ3n) is 4.14. The lowest BCUT2D eigenvalue weighted by Crippen LogP contribution is -2.21. The van der Waals surface area contributed by atoms with Crippen molar-refractivity contribution >= 4 is 22.8 Å². The number of hydrogen-bond acceptors (Lipinski definition) is 6. The number of nitrogens with one attached hydrogen (secondary N) is 1. The highest BCUT2D eigenvalue weighted by Gasteiger charge is 2.22. The van der Waals surface area contributed by atoms with E-state index in [9.17, 15) is 20.2 Å². The van der Waals surface area contributed by atoms with Crippen molar-refractivity contribution in [3.8, 4) is 0 Å². The highest BCUT2D eigenvalue weighted by molar-refractivity contribution is 5.86. The molecule has 8 heteroatoms. The van der Waals surface area contributed by atoms with Gasteiger partial charge in [-0.05, 0) is 37.2 Å². The Morgan fingerprint density at radius 2 is 1.91 bits per heavy atom. The van der Waals surface area contributed by atoms with E-state index >= 15 is 0 Å². The van der Waals surface area contributed by atoms with E-state index in [0.29, 0.717) is 11.8 Å². The van der Waals surface area contributed by atoms with E-state index in [-0.39, 0.29) is 17.1 Å². The predicted molar refractivity (Wildman–Crippen MR) is 83.0 cm³/mol. The Balaban J connectivity index is 2.19. The molecule has 0 radical (unpaired) electrons. The van der Waals surface area contributed by atoms with Crippen molar-refractivity contribution in [1.82, 2.24) is 0 Å². The second kappa shape index (κ2) is 6.50. The van der Waals surface area contributed by atoms with Crippen molar-refractivity contribution in [2.45, 2.75) is 33.1 Å². The van der Waals surface area contributed by atoms with Gasteiger partial charge in [0.15, 0.2) is 0 Å². The second-order valence-corrected chi connectivity index (χ2v) is 5.70.